The van der Waals surface area contributed by atoms with Crippen LogP contribution in [0.15, 0.2) is 0 Å². The molecule has 0 aromatic carbocycles. The predicted molar refractivity (Wildman–Crippen MR) is 58.8 cm³/mol. The number of hydrogen-bond acceptors (Lipinski definition) is 2. The summed E-state index contributed by atoms with van der Waals surface area (Å²) in [5.41, 5.74) is 0. The molecule has 88 valence electrons. The van der Waals surface area contributed by atoms with Crippen LogP contribution < -0.4 is 0 Å². The fourth-order valence-electron chi connectivity index (χ4n) is 3.37. The monoisotopic (exact) mass is 222 g/mol. The molecule has 0 N–H and O–H groups in total. The van der Waals surface area contributed by atoms with Gasteiger partial charge < -0.3 is 4.90 Å². The average Bonchev–Trinajstić information content (AvgIpc) is 2.87. The van der Waals surface area contributed by atoms with Gasteiger partial charge in [0.2, 0.25) is 5.91 Å². The summed E-state index contributed by atoms with van der Waals surface area (Å²) < 4.78 is 0. The van der Waals surface area contributed by atoms with Gasteiger partial charge in [-0.3, -0.25) is 9.69 Å². The number of fused-ring (bicyclic) bond motifs is 1. The average molecular weight is 222 g/mol. The Kier molecular flexibility index (Phi) is 2.37. The third-order valence-corrected chi connectivity index (χ3v) is 4.20. The number of imide groups is 1. The topological polar surface area (TPSA) is 40.6 Å². The fourth-order valence-corrected chi connectivity index (χ4v) is 3.37. The lowest BCUT2D eigenvalue weighted by atomic mass is 10.1. The second-order valence-corrected chi connectivity index (χ2v) is 5.18. The van der Waals surface area contributed by atoms with E-state index in [2.05, 4.69) is 0 Å². The van der Waals surface area contributed by atoms with Crippen molar-refractivity contribution in [1.82, 2.24) is 9.80 Å². The highest BCUT2D eigenvalue weighted by atomic mass is 16.2. The second-order valence-electron chi connectivity index (χ2n) is 5.18. The number of amides is 3. The van der Waals surface area contributed by atoms with Crippen molar-refractivity contribution in [3.05, 3.63) is 0 Å². The van der Waals surface area contributed by atoms with Crippen LogP contribution in [-0.2, 0) is 4.79 Å². The van der Waals surface area contributed by atoms with Gasteiger partial charge in [0.25, 0.3) is 0 Å². The molecule has 3 rings (SSSR count). The minimum Gasteiger partial charge on any atom is -0.321 e. The lowest BCUT2D eigenvalue weighted by Crippen LogP contribution is -2.57. The minimum atomic E-state index is -0.00866. The van der Waals surface area contributed by atoms with Gasteiger partial charge in [-0.1, -0.05) is 12.8 Å². The van der Waals surface area contributed by atoms with Gasteiger partial charge in [0.15, 0.2) is 0 Å². The van der Waals surface area contributed by atoms with Gasteiger partial charge in [-0.05, 0) is 25.7 Å². The van der Waals surface area contributed by atoms with Gasteiger partial charge in [0.05, 0.1) is 0 Å². The van der Waals surface area contributed by atoms with Crippen LogP contribution in [0.5, 0.6) is 0 Å². The maximum atomic E-state index is 12.2. The molecule has 16 heavy (non-hydrogen) atoms. The highest BCUT2D eigenvalue weighted by Gasteiger charge is 2.44. The number of urea groups is 1. The largest absolute Gasteiger partial charge is 0.327 e. The van der Waals surface area contributed by atoms with E-state index in [0.717, 1.165) is 45.1 Å². The van der Waals surface area contributed by atoms with E-state index in [9.17, 15) is 9.59 Å². The lowest BCUT2D eigenvalue weighted by molar-refractivity contribution is -0.134. The Morgan fingerprint density at radius 2 is 1.62 bits per heavy atom. The number of carbonyl (C=O) groups is 2. The third-order valence-electron chi connectivity index (χ3n) is 4.20. The van der Waals surface area contributed by atoms with Crippen molar-refractivity contribution in [2.24, 2.45) is 0 Å². The highest BCUT2D eigenvalue weighted by Crippen LogP contribution is 2.32. The van der Waals surface area contributed by atoms with Crippen LogP contribution >= 0.6 is 0 Å². The lowest BCUT2D eigenvalue weighted by Gasteiger charge is -2.39. The molecule has 1 atom stereocenters. The molecule has 0 bridgehead atoms. The Morgan fingerprint density at radius 1 is 0.938 bits per heavy atom. The van der Waals surface area contributed by atoms with E-state index in [1.54, 1.807) is 4.90 Å². The Balaban J connectivity index is 1.81. The normalized spacial score (nSPS) is 31.4. The maximum Gasteiger partial charge on any atom is 0.327 e. The third kappa shape index (κ3) is 1.43. The SMILES string of the molecule is O=C1CC2CCCN2C(=O)N1C1CCCC1. The van der Waals surface area contributed by atoms with Crippen LogP contribution in [0, 0.1) is 0 Å². The summed E-state index contributed by atoms with van der Waals surface area (Å²) in [5, 5.41) is 0. The first-order valence-corrected chi connectivity index (χ1v) is 6.40. The summed E-state index contributed by atoms with van der Waals surface area (Å²) in [6, 6.07) is 0.393. The van der Waals surface area contributed by atoms with Crippen molar-refractivity contribution < 1.29 is 9.59 Å². The van der Waals surface area contributed by atoms with Crippen molar-refractivity contribution in [3.8, 4) is 0 Å². The molecular weight excluding hydrogens is 204 g/mol. The summed E-state index contributed by atoms with van der Waals surface area (Å²) in [6.45, 7) is 0.847. The van der Waals surface area contributed by atoms with Gasteiger partial charge >= 0.3 is 6.03 Å². The first-order valence-electron chi connectivity index (χ1n) is 6.40. The van der Waals surface area contributed by atoms with E-state index in [1.165, 1.54) is 0 Å². The quantitative estimate of drug-likeness (QED) is 0.678. The van der Waals surface area contributed by atoms with Crippen LogP contribution in [-0.4, -0.2) is 40.4 Å². The number of hydrogen-bond donors (Lipinski definition) is 0. The number of carbonyl (C=O) groups excluding carboxylic acids is 2. The Bertz CT molecular complexity index is 323. The highest BCUT2D eigenvalue weighted by molar-refractivity contribution is 5.98. The van der Waals surface area contributed by atoms with E-state index >= 15 is 0 Å². The molecule has 0 aromatic rings. The first kappa shape index (κ1) is 10.1. The molecule has 3 fully saturated rings. The van der Waals surface area contributed by atoms with Gasteiger partial charge in [0, 0.05) is 25.0 Å². The van der Waals surface area contributed by atoms with Crippen LogP contribution in [0.25, 0.3) is 0 Å². The Hall–Kier alpha value is -1.06. The zero-order chi connectivity index (χ0) is 11.1. The van der Waals surface area contributed by atoms with E-state index in [4.69, 9.17) is 0 Å². The Morgan fingerprint density at radius 3 is 2.38 bits per heavy atom. The van der Waals surface area contributed by atoms with Gasteiger partial charge in [0.1, 0.15) is 0 Å². The van der Waals surface area contributed by atoms with Crippen molar-refractivity contribution in [1.29, 1.82) is 0 Å². The van der Waals surface area contributed by atoms with Crippen molar-refractivity contribution >= 4 is 11.9 Å². The molecule has 2 saturated heterocycles. The molecule has 1 saturated carbocycles. The first-order chi connectivity index (χ1) is 7.77. The fraction of sp³-hybridized carbons (Fsp3) is 0.833. The van der Waals surface area contributed by atoms with Crippen molar-refractivity contribution in [2.75, 3.05) is 6.54 Å². The van der Waals surface area contributed by atoms with E-state index in [1.807, 2.05) is 4.90 Å². The number of nitrogens with zero attached hydrogens (tertiary/aromatic N) is 2. The molecule has 0 radical (unpaired) electrons. The van der Waals surface area contributed by atoms with E-state index in [0.29, 0.717) is 6.42 Å². The summed E-state index contributed by atoms with van der Waals surface area (Å²) in [6.07, 6.45) is 6.96. The van der Waals surface area contributed by atoms with E-state index < -0.39 is 0 Å². The summed E-state index contributed by atoms with van der Waals surface area (Å²) in [7, 11) is 0. The molecule has 0 aromatic heterocycles. The Labute approximate surface area is 95.6 Å². The second kappa shape index (κ2) is 3.75. The molecule has 4 nitrogen and oxygen atoms in total. The molecule has 1 aliphatic carbocycles. The predicted octanol–water partition coefficient (Wildman–Crippen LogP) is 1.75. The van der Waals surface area contributed by atoms with Crippen molar-refractivity contribution in [2.45, 2.75) is 57.0 Å². The maximum absolute atomic E-state index is 12.2. The molecule has 1 unspecified atom stereocenters. The zero-order valence-corrected chi connectivity index (χ0v) is 9.52. The number of rotatable bonds is 1. The van der Waals surface area contributed by atoms with Crippen molar-refractivity contribution in [3.63, 3.8) is 0 Å². The van der Waals surface area contributed by atoms with Crippen LogP contribution in [0.4, 0.5) is 4.79 Å². The van der Waals surface area contributed by atoms with Gasteiger partial charge in [-0.2, -0.15) is 0 Å². The summed E-state index contributed by atoms with van der Waals surface area (Å²) >= 11 is 0. The van der Waals surface area contributed by atoms with Crippen LogP contribution in [0.1, 0.15) is 44.9 Å². The van der Waals surface area contributed by atoms with Gasteiger partial charge in [-0.15, -0.1) is 0 Å². The van der Waals surface area contributed by atoms with Gasteiger partial charge in [-0.25, -0.2) is 4.79 Å². The molecule has 4 heteroatoms. The molecule has 0 spiro atoms. The molecule has 2 heterocycles. The zero-order valence-electron chi connectivity index (χ0n) is 9.52. The molecule has 3 amide bonds. The molecular formula is C12H18N2O2. The van der Waals surface area contributed by atoms with E-state index in [-0.39, 0.29) is 24.0 Å². The molecule has 2 aliphatic heterocycles. The minimum absolute atomic E-state index is 0.00866. The standard InChI is InChI=1S/C12H18N2O2/c15-11-8-10-6-3-7-13(10)12(16)14(11)9-4-1-2-5-9/h9-10H,1-8H2. The molecule has 3 aliphatic rings. The van der Waals surface area contributed by atoms with Crippen LogP contribution in [0.2, 0.25) is 0 Å². The smallest absolute Gasteiger partial charge is 0.321 e. The summed E-state index contributed by atoms with van der Waals surface area (Å²) in [4.78, 5) is 27.7. The van der Waals surface area contributed by atoms with Crippen LogP contribution in [0.3, 0.4) is 0 Å². The summed E-state index contributed by atoms with van der Waals surface area (Å²) in [5.74, 6) is 0.0695.